The molecule has 1 fully saturated rings. The van der Waals surface area contributed by atoms with Crippen molar-refractivity contribution in [2.24, 2.45) is 21.5 Å². The molecule has 1 saturated heterocycles. The van der Waals surface area contributed by atoms with Gasteiger partial charge in [0, 0.05) is 61.8 Å². The van der Waals surface area contributed by atoms with E-state index in [1.807, 2.05) is 0 Å². The van der Waals surface area contributed by atoms with E-state index in [0.29, 0.717) is 11.7 Å². The molecule has 0 radical (unpaired) electrons. The van der Waals surface area contributed by atoms with Crippen LogP contribution in [0.4, 0.5) is 11.4 Å². The minimum atomic E-state index is 0.647. The summed E-state index contributed by atoms with van der Waals surface area (Å²) in [5.41, 5.74) is 16.9. The molecule has 3 rings (SSSR count). The topological polar surface area (TPSA) is 83.2 Å². The van der Waals surface area contributed by atoms with Crippen LogP contribution in [0.5, 0.6) is 0 Å². The van der Waals surface area contributed by atoms with Crippen LogP contribution in [0, 0.1) is 0 Å². The summed E-state index contributed by atoms with van der Waals surface area (Å²) in [6, 6.07) is 17.1. The molecule has 0 bridgehead atoms. The Bertz CT molecular complexity index is 861. The predicted octanol–water partition coefficient (Wildman–Crippen LogP) is 5.58. The van der Waals surface area contributed by atoms with Gasteiger partial charge in [-0.3, -0.25) is 9.98 Å². The lowest BCUT2D eigenvalue weighted by molar-refractivity contribution is 0.653. The maximum absolute atomic E-state index is 6.21. The number of nitrogens with zero attached hydrogens (tertiary/aromatic N) is 4. The van der Waals surface area contributed by atoms with Crippen molar-refractivity contribution >= 4 is 23.0 Å². The maximum Gasteiger partial charge on any atom is 0.125 e. The van der Waals surface area contributed by atoms with E-state index in [4.69, 9.17) is 11.5 Å². The number of nitrogens with two attached hydrogens (primary N) is 2. The Kier molecular flexibility index (Phi) is 11.6. The van der Waals surface area contributed by atoms with Gasteiger partial charge in [0.2, 0.25) is 0 Å². The third kappa shape index (κ3) is 8.58. The molecule has 1 heterocycles. The molecule has 2 aromatic carbocycles. The van der Waals surface area contributed by atoms with Gasteiger partial charge in [-0.05, 0) is 61.4 Å². The molecule has 6 heteroatoms. The van der Waals surface area contributed by atoms with Crippen molar-refractivity contribution < 1.29 is 0 Å². The lowest BCUT2D eigenvalue weighted by Crippen LogP contribution is -2.46. The van der Waals surface area contributed by atoms with E-state index in [-0.39, 0.29) is 0 Å². The Morgan fingerprint density at radius 1 is 0.583 bits per heavy atom. The first-order valence-corrected chi connectivity index (χ1v) is 13.9. The van der Waals surface area contributed by atoms with E-state index >= 15 is 0 Å². The van der Waals surface area contributed by atoms with Crippen molar-refractivity contribution in [1.82, 2.24) is 0 Å². The monoisotopic (exact) mass is 490 g/mol. The average Bonchev–Trinajstić information content (AvgIpc) is 2.93. The summed E-state index contributed by atoms with van der Waals surface area (Å²) in [6.07, 6.45) is 9.69. The van der Waals surface area contributed by atoms with Gasteiger partial charge in [0.25, 0.3) is 0 Å². The van der Waals surface area contributed by atoms with Crippen molar-refractivity contribution in [2.45, 2.75) is 65.2 Å². The second-order valence-electron chi connectivity index (χ2n) is 9.72. The molecule has 0 amide bonds. The first-order chi connectivity index (χ1) is 17.6. The van der Waals surface area contributed by atoms with E-state index < -0.39 is 0 Å². The Hall–Kier alpha value is -3.02. The summed E-state index contributed by atoms with van der Waals surface area (Å²) < 4.78 is 0. The fraction of sp³-hybridized carbons (Fsp3) is 0.533. The van der Waals surface area contributed by atoms with E-state index in [1.165, 1.54) is 49.9 Å². The van der Waals surface area contributed by atoms with Crippen molar-refractivity contribution in [3.63, 3.8) is 0 Å². The molecule has 0 atom stereocenters. The summed E-state index contributed by atoms with van der Waals surface area (Å²) in [6.45, 7) is 10.0. The highest BCUT2D eigenvalue weighted by Gasteiger charge is 2.18. The highest BCUT2D eigenvalue weighted by atomic mass is 15.3. The van der Waals surface area contributed by atoms with Crippen LogP contribution in [0.15, 0.2) is 58.5 Å². The van der Waals surface area contributed by atoms with Gasteiger partial charge in [0.1, 0.15) is 11.7 Å². The molecular weight excluding hydrogens is 444 g/mol. The molecule has 6 nitrogen and oxygen atoms in total. The molecular formula is C30H46N6. The van der Waals surface area contributed by atoms with Crippen LogP contribution in [0.3, 0.4) is 0 Å². The van der Waals surface area contributed by atoms with Gasteiger partial charge in [0.05, 0.1) is 0 Å². The summed E-state index contributed by atoms with van der Waals surface area (Å²) in [5.74, 6) is 1.29. The molecule has 2 aromatic rings. The maximum atomic E-state index is 6.21. The van der Waals surface area contributed by atoms with E-state index in [1.54, 1.807) is 0 Å². The first-order valence-electron chi connectivity index (χ1n) is 13.9. The quantitative estimate of drug-likeness (QED) is 0.206. The molecule has 0 unspecified atom stereocenters. The molecule has 1 aliphatic rings. The number of rotatable bonds is 14. The lowest BCUT2D eigenvalue weighted by atomic mass is 10.1. The van der Waals surface area contributed by atoms with Crippen LogP contribution in [0.1, 0.15) is 76.3 Å². The van der Waals surface area contributed by atoms with Crippen LogP contribution in [-0.4, -0.2) is 50.9 Å². The van der Waals surface area contributed by atoms with Crippen LogP contribution < -0.4 is 21.3 Å². The highest BCUT2D eigenvalue weighted by Crippen LogP contribution is 2.22. The molecule has 0 saturated carbocycles. The molecule has 0 aliphatic carbocycles. The number of anilines is 2. The van der Waals surface area contributed by atoms with Crippen LogP contribution >= 0.6 is 0 Å². The fourth-order valence-corrected chi connectivity index (χ4v) is 4.57. The van der Waals surface area contributed by atoms with Gasteiger partial charge in [-0.1, -0.05) is 52.4 Å². The average molecular weight is 491 g/mol. The standard InChI is InChI=1S/C30H46N6/c1-3-5-7-9-19-33-29(31)25-11-15-27(16-12-25)35-21-23-36(24-22-35)28-17-13-26(14-18-28)30(32)34-20-10-8-6-4-2/h11-18H,3-10,19-24H2,1-2H3,(H2,31,33)(H2,32,34). The Morgan fingerprint density at radius 2 is 0.944 bits per heavy atom. The summed E-state index contributed by atoms with van der Waals surface area (Å²) in [5, 5.41) is 0. The second kappa shape index (κ2) is 15.2. The van der Waals surface area contributed by atoms with Crippen molar-refractivity contribution in [1.29, 1.82) is 0 Å². The zero-order valence-corrected chi connectivity index (χ0v) is 22.5. The number of benzene rings is 2. The summed E-state index contributed by atoms with van der Waals surface area (Å²) in [4.78, 5) is 14.0. The Morgan fingerprint density at radius 3 is 1.28 bits per heavy atom. The third-order valence-corrected chi connectivity index (χ3v) is 6.92. The molecule has 196 valence electrons. The number of amidine groups is 2. The first kappa shape index (κ1) is 27.6. The van der Waals surface area contributed by atoms with Gasteiger partial charge >= 0.3 is 0 Å². The second-order valence-corrected chi connectivity index (χ2v) is 9.72. The zero-order chi connectivity index (χ0) is 25.6. The Balaban J connectivity index is 1.46. The fourth-order valence-electron chi connectivity index (χ4n) is 4.57. The number of hydrogen-bond acceptors (Lipinski definition) is 4. The van der Waals surface area contributed by atoms with Crippen molar-refractivity contribution in [3.05, 3.63) is 59.7 Å². The summed E-state index contributed by atoms with van der Waals surface area (Å²) in [7, 11) is 0. The van der Waals surface area contributed by atoms with Crippen LogP contribution in [0.25, 0.3) is 0 Å². The van der Waals surface area contributed by atoms with Crippen LogP contribution in [-0.2, 0) is 0 Å². The minimum Gasteiger partial charge on any atom is -0.384 e. The largest absolute Gasteiger partial charge is 0.384 e. The van der Waals surface area contributed by atoms with Gasteiger partial charge in [-0.15, -0.1) is 0 Å². The number of unbranched alkanes of at least 4 members (excludes halogenated alkanes) is 6. The van der Waals surface area contributed by atoms with Crippen molar-refractivity contribution in [2.75, 3.05) is 49.1 Å². The Labute approximate surface area is 218 Å². The SMILES string of the molecule is CCCCCCN=C(N)c1ccc(N2CCN(c3ccc(C(N)=NCCCCCC)cc3)CC2)cc1. The van der Waals surface area contributed by atoms with Gasteiger partial charge in [0.15, 0.2) is 0 Å². The van der Waals surface area contributed by atoms with Crippen molar-refractivity contribution in [3.8, 4) is 0 Å². The van der Waals surface area contributed by atoms with E-state index in [9.17, 15) is 0 Å². The molecule has 4 N–H and O–H groups in total. The molecule has 36 heavy (non-hydrogen) atoms. The van der Waals surface area contributed by atoms with Crippen LogP contribution in [0.2, 0.25) is 0 Å². The number of aliphatic imine (C=N–C) groups is 2. The van der Waals surface area contributed by atoms with Gasteiger partial charge in [-0.2, -0.15) is 0 Å². The normalized spacial score (nSPS) is 14.9. The summed E-state index contributed by atoms with van der Waals surface area (Å²) >= 11 is 0. The lowest BCUT2D eigenvalue weighted by Gasteiger charge is -2.37. The van der Waals surface area contributed by atoms with E-state index in [0.717, 1.165) is 63.2 Å². The molecule has 0 spiro atoms. The third-order valence-electron chi connectivity index (χ3n) is 6.92. The highest BCUT2D eigenvalue weighted by molar-refractivity contribution is 5.98. The number of hydrogen-bond donors (Lipinski definition) is 2. The smallest absolute Gasteiger partial charge is 0.125 e. The van der Waals surface area contributed by atoms with Gasteiger partial charge < -0.3 is 21.3 Å². The predicted molar refractivity (Wildman–Crippen MR) is 157 cm³/mol. The zero-order valence-electron chi connectivity index (χ0n) is 22.5. The number of piperazine rings is 1. The van der Waals surface area contributed by atoms with Gasteiger partial charge in [-0.25, -0.2) is 0 Å². The molecule has 0 aromatic heterocycles. The minimum absolute atomic E-state index is 0.647. The van der Waals surface area contributed by atoms with E-state index in [2.05, 4.69) is 82.2 Å². The molecule has 1 aliphatic heterocycles.